The second-order valence-corrected chi connectivity index (χ2v) is 7.68. The van der Waals surface area contributed by atoms with Crippen LogP contribution in [0.25, 0.3) is 10.6 Å². The summed E-state index contributed by atoms with van der Waals surface area (Å²) in [6.07, 6.45) is -0.0203. The number of hydrogen-bond acceptors (Lipinski definition) is 4. The molecular weight excluding hydrogens is 334 g/mol. The summed E-state index contributed by atoms with van der Waals surface area (Å²) in [5, 5.41) is 12.0. The van der Waals surface area contributed by atoms with E-state index in [1.165, 1.54) is 11.3 Å². The van der Waals surface area contributed by atoms with Crippen LogP contribution in [0.4, 0.5) is 0 Å². The van der Waals surface area contributed by atoms with Crippen LogP contribution in [0.15, 0.2) is 35.7 Å². The molecule has 136 valence electrons. The normalized spacial score (nSPS) is 11.4. The summed E-state index contributed by atoms with van der Waals surface area (Å²) in [5.74, 6) is -1.08. The first kappa shape index (κ1) is 21.0. The van der Waals surface area contributed by atoms with Gasteiger partial charge in [-0.3, -0.25) is 9.59 Å². The zero-order chi connectivity index (χ0) is 19.3. The molecule has 0 aliphatic rings. The molecule has 1 heterocycles. The highest BCUT2D eigenvalue weighted by molar-refractivity contribution is 7.13. The number of aliphatic carboxylic acids is 1. The lowest BCUT2D eigenvalue weighted by Crippen LogP contribution is -2.36. The van der Waals surface area contributed by atoms with Crippen molar-refractivity contribution in [3.05, 3.63) is 41.4 Å². The minimum absolute atomic E-state index is 0.0203. The van der Waals surface area contributed by atoms with E-state index in [2.05, 4.69) is 4.98 Å². The topological polar surface area (TPSA) is 67.3 Å². The Morgan fingerprint density at radius 2 is 1.64 bits per heavy atom. The number of carboxylic acid groups (broad SMARTS) is 1. The van der Waals surface area contributed by atoms with E-state index in [9.17, 15) is 14.7 Å². The number of nitrogens with zero attached hydrogens (tertiary/aromatic N) is 1. The zero-order valence-electron chi connectivity index (χ0n) is 15.8. The second-order valence-electron chi connectivity index (χ2n) is 6.82. The monoisotopic (exact) mass is 361 g/mol. The van der Waals surface area contributed by atoms with Gasteiger partial charge >= 0.3 is 5.97 Å². The van der Waals surface area contributed by atoms with Gasteiger partial charge in [-0.15, -0.1) is 11.3 Å². The minimum Gasteiger partial charge on any atom is -0.481 e. The van der Waals surface area contributed by atoms with Crippen LogP contribution < -0.4 is 0 Å². The van der Waals surface area contributed by atoms with Crippen LogP contribution in [-0.4, -0.2) is 21.8 Å². The first-order chi connectivity index (χ1) is 11.6. The molecule has 0 saturated carbocycles. The van der Waals surface area contributed by atoms with Crippen molar-refractivity contribution in [3.8, 4) is 10.6 Å². The number of carboxylic acids is 1. The molecular formula is C20H27NO3S. The molecule has 0 unspecified atom stereocenters. The number of rotatable bonds is 6. The van der Waals surface area contributed by atoms with E-state index in [-0.39, 0.29) is 12.2 Å². The maximum Gasteiger partial charge on any atom is 0.309 e. The third-order valence-electron chi connectivity index (χ3n) is 4.04. The Morgan fingerprint density at radius 3 is 2.16 bits per heavy atom. The molecule has 0 radical (unpaired) electrons. The first-order valence-electron chi connectivity index (χ1n) is 8.43. The van der Waals surface area contributed by atoms with Crippen molar-refractivity contribution in [1.82, 2.24) is 4.98 Å². The Balaban J connectivity index is 0.00000151. The first-order valence-corrected chi connectivity index (χ1v) is 9.31. The number of carbonyl (C=O) groups is 2. The summed E-state index contributed by atoms with van der Waals surface area (Å²) < 4.78 is 0. The number of hydrogen-bond donors (Lipinski definition) is 1. The molecule has 5 heteroatoms. The number of aromatic nitrogens is 1. The minimum atomic E-state index is -1.08. The van der Waals surface area contributed by atoms with E-state index in [1.807, 2.05) is 49.6 Å². The van der Waals surface area contributed by atoms with Crippen LogP contribution in [0.3, 0.4) is 0 Å². The van der Waals surface area contributed by atoms with E-state index in [1.54, 1.807) is 27.7 Å². The fourth-order valence-electron chi connectivity index (χ4n) is 2.11. The van der Waals surface area contributed by atoms with E-state index in [0.29, 0.717) is 5.69 Å². The molecule has 1 aromatic carbocycles. The largest absolute Gasteiger partial charge is 0.481 e. The van der Waals surface area contributed by atoms with Crippen molar-refractivity contribution in [3.63, 3.8) is 0 Å². The number of ketones is 1. The van der Waals surface area contributed by atoms with Crippen molar-refractivity contribution in [1.29, 1.82) is 0 Å². The predicted molar refractivity (Wildman–Crippen MR) is 103 cm³/mol. The molecule has 0 bridgehead atoms. The highest BCUT2D eigenvalue weighted by Gasteiger charge is 2.38. The second kappa shape index (κ2) is 8.39. The zero-order valence-corrected chi connectivity index (χ0v) is 16.6. The van der Waals surface area contributed by atoms with Crippen molar-refractivity contribution in [2.45, 2.75) is 53.4 Å². The molecule has 0 aliphatic heterocycles. The van der Waals surface area contributed by atoms with Crippen LogP contribution in [0.5, 0.6) is 0 Å². The smallest absolute Gasteiger partial charge is 0.309 e. The van der Waals surface area contributed by atoms with Crippen molar-refractivity contribution >= 4 is 23.1 Å². The van der Waals surface area contributed by atoms with Gasteiger partial charge in [-0.05, 0) is 27.7 Å². The summed E-state index contributed by atoms with van der Waals surface area (Å²) in [6.45, 7) is 10.7. The molecule has 0 spiro atoms. The van der Waals surface area contributed by atoms with E-state index in [4.69, 9.17) is 0 Å². The van der Waals surface area contributed by atoms with Crippen molar-refractivity contribution in [2.24, 2.45) is 5.41 Å². The maximum atomic E-state index is 12.6. The summed E-state index contributed by atoms with van der Waals surface area (Å²) >= 11 is 1.49. The summed E-state index contributed by atoms with van der Waals surface area (Å²) in [7, 11) is 0. The Hall–Kier alpha value is -2.01. The van der Waals surface area contributed by atoms with Gasteiger partial charge in [-0.1, -0.05) is 44.2 Å². The van der Waals surface area contributed by atoms with Gasteiger partial charge in [0, 0.05) is 17.4 Å². The van der Waals surface area contributed by atoms with Crippen LogP contribution in [0, 0.1) is 5.41 Å². The Morgan fingerprint density at radius 1 is 1.08 bits per heavy atom. The van der Waals surface area contributed by atoms with Crippen LogP contribution in [0.1, 0.15) is 53.7 Å². The predicted octanol–water partition coefficient (Wildman–Crippen LogP) is 5.18. The SMILES string of the molecule is CC.CC(C)(CC(=O)C(C)(C)c1csc(-c2ccccc2)n1)C(=O)O. The third-order valence-corrected chi connectivity index (χ3v) is 4.94. The van der Waals surface area contributed by atoms with E-state index >= 15 is 0 Å². The lowest BCUT2D eigenvalue weighted by Gasteiger charge is -2.26. The van der Waals surface area contributed by atoms with Gasteiger partial charge < -0.3 is 5.11 Å². The number of Topliss-reactive ketones (excluding diaryl/α,β-unsaturated/α-hetero) is 1. The molecule has 2 aromatic rings. The van der Waals surface area contributed by atoms with E-state index < -0.39 is 16.8 Å². The third kappa shape index (κ3) is 4.98. The molecule has 0 amide bonds. The standard InChI is InChI=1S/C18H21NO3S.C2H6/c1-17(2,16(21)22)10-14(20)18(3,4)13-11-23-15(19-13)12-8-6-5-7-9-12;1-2/h5-9,11H,10H2,1-4H3,(H,21,22);1-2H3. The Kier molecular flexibility index (Phi) is 7.06. The molecule has 4 nitrogen and oxygen atoms in total. The average Bonchev–Trinajstić information content (AvgIpc) is 3.07. The van der Waals surface area contributed by atoms with Crippen molar-refractivity contribution in [2.75, 3.05) is 0 Å². The lowest BCUT2D eigenvalue weighted by molar-refractivity contribution is -0.149. The highest BCUT2D eigenvalue weighted by atomic mass is 32.1. The van der Waals surface area contributed by atoms with E-state index in [0.717, 1.165) is 10.6 Å². The number of carbonyl (C=O) groups excluding carboxylic acids is 1. The Labute approximate surface area is 153 Å². The van der Waals surface area contributed by atoms with Gasteiger partial charge in [0.05, 0.1) is 16.5 Å². The summed E-state index contributed by atoms with van der Waals surface area (Å²) in [5.41, 5.74) is -0.187. The average molecular weight is 362 g/mol. The fraction of sp³-hybridized carbons (Fsp3) is 0.450. The summed E-state index contributed by atoms with van der Waals surface area (Å²) in [6, 6.07) is 9.79. The molecule has 0 fully saturated rings. The number of benzene rings is 1. The molecule has 0 aliphatic carbocycles. The van der Waals surface area contributed by atoms with Gasteiger partial charge in [-0.25, -0.2) is 4.98 Å². The van der Waals surface area contributed by atoms with Crippen LogP contribution >= 0.6 is 11.3 Å². The maximum absolute atomic E-state index is 12.6. The van der Waals surface area contributed by atoms with Gasteiger partial charge in [0.1, 0.15) is 10.8 Å². The lowest BCUT2D eigenvalue weighted by atomic mass is 9.76. The molecule has 1 aromatic heterocycles. The van der Waals surface area contributed by atoms with Gasteiger partial charge in [0.25, 0.3) is 0 Å². The molecule has 0 saturated heterocycles. The van der Waals surface area contributed by atoms with Gasteiger partial charge in [0.2, 0.25) is 0 Å². The highest BCUT2D eigenvalue weighted by Crippen LogP contribution is 2.34. The van der Waals surface area contributed by atoms with Gasteiger partial charge in [-0.2, -0.15) is 0 Å². The fourth-order valence-corrected chi connectivity index (χ4v) is 3.11. The van der Waals surface area contributed by atoms with Crippen LogP contribution in [-0.2, 0) is 15.0 Å². The molecule has 25 heavy (non-hydrogen) atoms. The van der Waals surface area contributed by atoms with Gasteiger partial charge in [0.15, 0.2) is 0 Å². The summed E-state index contributed by atoms with van der Waals surface area (Å²) in [4.78, 5) is 28.5. The number of thiazole rings is 1. The quantitative estimate of drug-likeness (QED) is 0.769. The van der Waals surface area contributed by atoms with Crippen molar-refractivity contribution < 1.29 is 14.7 Å². The Bertz CT molecular complexity index is 718. The van der Waals surface area contributed by atoms with Crippen LogP contribution in [0.2, 0.25) is 0 Å². The molecule has 2 rings (SSSR count). The molecule has 0 atom stereocenters. The molecule has 1 N–H and O–H groups in total.